The molecule has 2 saturated carbocycles. The smallest absolute Gasteiger partial charge is 0.165 e. The summed E-state index contributed by atoms with van der Waals surface area (Å²) >= 11 is 0. The third-order valence-corrected chi connectivity index (χ3v) is 8.26. The molecule has 5 atom stereocenters. The third kappa shape index (κ3) is 2.83. The van der Waals surface area contributed by atoms with E-state index in [4.69, 9.17) is 4.74 Å². The van der Waals surface area contributed by atoms with Crippen molar-refractivity contribution in [3.63, 3.8) is 0 Å². The highest BCUT2D eigenvalue weighted by Gasteiger charge is 2.56. The van der Waals surface area contributed by atoms with E-state index in [-0.39, 0.29) is 34.8 Å². The molecule has 0 aliphatic heterocycles. The monoisotopic (exact) mass is 396 g/mol. The Hall–Kier alpha value is -1.94. The van der Waals surface area contributed by atoms with Crippen LogP contribution >= 0.6 is 0 Å². The first-order valence-corrected chi connectivity index (χ1v) is 10.9. The number of ketones is 1. The molecule has 0 spiro atoms. The number of fused-ring (bicyclic) bond motifs is 4. The van der Waals surface area contributed by atoms with Crippen LogP contribution in [0.15, 0.2) is 41.0 Å². The van der Waals surface area contributed by atoms with Crippen molar-refractivity contribution in [3.8, 4) is 5.75 Å². The Morgan fingerprint density at radius 2 is 2.00 bits per heavy atom. The van der Waals surface area contributed by atoms with Gasteiger partial charge in [-0.15, -0.1) is 0 Å². The summed E-state index contributed by atoms with van der Waals surface area (Å²) in [7, 11) is 1.50. The Morgan fingerprint density at radius 3 is 2.79 bits per heavy atom. The fourth-order valence-electron chi connectivity index (χ4n) is 6.82. The maximum Gasteiger partial charge on any atom is 0.165 e. The highest BCUT2D eigenvalue weighted by atomic mass is 19.1. The van der Waals surface area contributed by atoms with Crippen molar-refractivity contribution < 1.29 is 19.0 Å². The summed E-state index contributed by atoms with van der Waals surface area (Å²) in [4.78, 5) is 12.0. The largest absolute Gasteiger partial charge is 0.494 e. The van der Waals surface area contributed by atoms with E-state index in [0.717, 1.165) is 44.1 Å². The minimum absolute atomic E-state index is 0.118. The Labute approximate surface area is 171 Å². The summed E-state index contributed by atoms with van der Waals surface area (Å²) in [6.07, 6.45) is 7.77. The van der Waals surface area contributed by atoms with E-state index in [1.807, 2.05) is 18.2 Å². The minimum atomic E-state index is -0.348. The second kappa shape index (κ2) is 6.80. The molecule has 0 amide bonds. The molecule has 2 fully saturated rings. The first-order chi connectivity index (χ1) is 13.9. The van der Waals surface area contributed by atoms with Crippen LogP contribution in [0.4, 0.5) is 4.39 Å². The van der Waals surface area contributed by atoms with Gasteiger partial charge in [-0.1, -0.05) is 18.6 Å². The predicted octanol–water partition coefficient (Wildman–Crippen LogP) is 5.09. The molecular formula is C25H29FO3. The Morgan fingerprint density at radius 1 is 1.17 bits per heavy atom. The molecule has 3 nitrogen and oxygen atoms in total. The fourth-order valence-corrected chi connectivity index (χ4v) is 6.82. The first-order valence-electron chi connectivity index (χ1n) is 10.9. The minimum Gasteiger partial charge on any atom is -0.494 e. The maximum atomic E-state index is 14.1. The molecule has 1 aromatic carbocycles. The lowest BCUT2D eigenvalue weighted by Gasteiger charge is -2.52. The van der Waals surface area contributed by atoms with Gasteiger partial charge in [0, 0.05) is 12.3 Å². The normalized spacial score (nSPS) is 36.3. The van der Waals surface area contributed by atoms with Gasteiger partial charge < -0.3 is 9.84 Å². The molecule has 1 aromatic rings. The molecule has 5 rings (SSSR count). The van der Waals surface area contributed by atoms with Crippen LogP contribution in [0, 0.1) is 23.1 Å². The molecule has 1 N–H and O–H groups in total. The summed E-state index contributed by atoms with van der Waals surface area (Å²) < 4.78 is 19.4. The average Bonchev–Trinajstić information content (AvgIpc) is 3.02. The van der Waals surface area contributed by atoms with Crippen molar-refractivity contribution in [2.45, 2.75) is 63.9 Å². The lowest BCUT2D eigenvalue weighted by atomic mass is 9.53. The molecule has 4 aliphatic rings. The van der Waals surface area contributed by atoms with Crippen LogP contribution in [-0.4, -0.2) is 24.1 Å². The third-order valence-electron chi connectivity index (χ3n) is 8.26. The highest BCUT2D eigenvalue weighted by molar-refractivity contribution is 5.93. The number of benzene rings is 1. The molecule has 154 valence electrons. The number of hydrogen-bond acceptors (Lipinski definition) is 3. The number of aliphatic hydroxyl groups excluding tert-OH is 1. The molecule has 0 radical (unpaired) electrons. The van der Waals surface area contributed by atoms with E-state index in [1.54, 1.807) is 0 Å². The Kier molecular flexibility index (Phi) is 4.47. The van der Waals surface area contributed by atoms with E-state index in [2.05, 4.69) is 6.92 Å². The van der Waals surface area contributed by atoms with Crippen LogP contribution in [0.2, 0.25) is 0 Å². The lowest BCUT2D eigenvalue weighted by Crippen LogP contribution is -2.45. The average molecular weight is 397 g/mol. The Balaban J connectivity index is 1.69. The molecule has 0 aromatic heterocycles. The molecule has 5 unspecified atom stereocenters. The molecule has 29 heavy (non-hydrogen) atoms. The molecule has 0 heterocycles. The number of rotatable bonds is 2. The van der Waals surface area contributed by atoms with Crippen LogP contribution in [0.5, 0.6) is 5.75 Å². The molecule has 0 bridgehead atoms. The van der Waals surface area contributed by atoms with E-state index in [1.165, 1.54) is 29.9 Å². The van der Waals surface area contributed by atoms with Gasteiger partial charge >= 0.3 is 0 Å². The number of ether oxygens (including phenoxy) is 1. The Bertz CT molecular complexity index is 930. The molecule has 4 heteroatoms. The zero-order valence-corrected chi connectivity index (χ0v) is 17.2. The molecule has 0 saturated heterocycles. The second-order valence-electron chi connectivity index (χ2n) is 9.57. The topological polar surface area (TPSA) is 46.5 Å². The molecule has 4 aliphatic carbocycles. The first kappa shape index (κ1) is 19.0. The number of aliphatic hydroxyl groups is 1. The van der Waals surface area contributed by atoms with Gasteiger partial charge in [0.1, 0.15) is 0 Å². The number of carbonyl (C=O) groups is 1. The number of methoxy groups -OCH3 is 1. The summed E-state index contributed by atoms with van der Waals surface area (Å²) in [5, 5.41) is 10.9. The highest BCUT2D eigenvalue weighted by Crippen LogP contribution is 2.63. The second-order valence-corrected chi connectivity index (χ2v) is 9.57. The summed E-state index contributed by atoms with van der Waals surface area (Å²) in [6, 6.07) is 5.21. The summed E-state index contributed by atoms with van der Waals surface area (Å²) in [5.74, 6) is 1.22. The number of halogens is 1. The van der Waals surface area contributed by atoms with Gasteiger partial charge in [-0.3, -0.25) is 4.79 Å². The lowest BCUT2D eigenvalue weighted by molar-refractivity contribution is -0.114. The maximum absolute atomic E-state index is 14.1. The van der Waals surface area contributed by atoms with Crippen LogP contribution in [0.1, 0.15) is 63.4 Å². The van der Waals surface area contributed by atoms with Crippen molar-refractivity contribution >= 4 is 5.78 Å². The van der Waals surface area contributed by atoms with Crippen LogP contribution < -0.4 is 4.74 Å². The van der Waals surface area contributed by atoms with Gasteiger partial charge in [-0.25, -0.2) is 4.39 Å². The number of hydrogen-bond donors (Lipinski definition) is 1. The zero-order chi connectivity index (χ0) is 20.3. The van der Waals surface area contributed by atoms with E-state index in [9.17, 15) is 14.3 Å². The summed E-state index contributed by atoms with van der Waals surface area (Å²) in [6.45, 7) is 2.25. The van der Waals surface area contributed by atoms with Gasteiger partial charge in [0.2, 0.25) is 0 Å². The van der Waals surface area contributed by atoms with Crippen LogP contribution in [0.25, 0.3) is 0 Å². The van der Waals surface area contributed by atoms with E-state index in [0.29, 0.717) is 18.3 Å². The number of carbonyl (C=O) groups excluding carboxylic acids is 1. The van der Waals surface area contributed by atoms with Crippen LogP contribution in [-0.2, 0) is 4.79 Å². The van der Waals surface area contributed by atoms with Crippen molar-refractivity contribution in [3.05, 3.63) is 52.4 Å². The fraction of sp³-hybridized carbons (Fsp3) is 0.560. The van der Waals surface area contributed by atoms with Crippen molar-refractivity contribution in [2.24, 2.45) is 17.3 Å². The zero-order valence-electron chi connectivity index (χ0n) is 17.2. The van der Waals surface area contributed by atoms with Crippen LogP contribution in [0.3, 0.4) is 0 Å². The van der Waals surface area contributed by atoms with Gasteiger partial charge in [0.15, 0.2) is 17.3 Å². The van der Waals surface area contributed by atoms with Gasteiger partial charge in [-0.2, -0.15) is 0 Å². The van der Waals surface area contributed by atoms with Crippen molar-refractivity contribution in [2.75, 3.05) is 7.11 Å². The van der Waals surface area contributed by atoms with E-state index < -0.39 is 0 Å². The standard InChI is InChI=1S/C25H29FO3/c1-25-13-19(15-4-9-21(26)22(12-15)29-2)24-17-7-5-16(27)11-14(17)3-6-18(24)20(25)8-10-23(25)28/h4,9,11-12,18-20,23,28H,3,5-8,10,13H2,1-2H3. The van der Waals surface area contributed by atoms with Crippen molar-refractivity contribution in [1.29, 1.82) is 0 Å². The number of allylic oxidation sites excluding steroid dienone is 4. The summed E-state index contributed by atoms with van der Waals surface area (Å²) in [5.41, 5.74) is 4.99. The van der Waals surface area contributed by atoms with E-state index >= 15 is 0 Å². The SMILES string of the molecule is COc1cc(C2CC3(C)C(O)CCC3C3CCC4=CC(=O)CCC4=C23)ccc1F. The van der Waals surface area contributed by atoms with Crippen molar-refractivity contribution in [1.82, 2.24) is 0 Å². The predicted molar refractivity (Wildman–Crippen MR) is 109 cm³/mol. The van der Waals surface area contributed by atoms with Gasteiger partial charge in [0.05, 0.1) is 13.2 Å². The quantitative estimate of drug-likeness (QED) is 0.757. The van der Waals surface area contributed by atoms with Gasteiger partial charge in [0.25, 0.3) is 0 Å². The molecular weight excluding hydrogens is 367 g/mol. The van der Waals surface area contributed by atoms with Gasteiger partial charge in [-0.05, 0) is 90.7 Å².